The van der Waals surface area contributed by atoms with Gasteiger partial charge in [0.1, 0.15) is 11.6 Å². The fourth-order valence-corrected chi connectivity index (χ4v) is 1.98. The first-order valence-electron chi connectivity index (χ1n) is 7.41. The molecule has 2 rings (SSSR count). The average Bonchev–Trinajstić information content (AvgIpc) is 2.52. The highest BCUT2D eigenvalue weighted by molar-refractivity contribution is 5.90. The second-order valence-corrected chi connectivity index (χ2v) is 5.49. The van der Waals surface area contributed by atoms with E-state index in [4.69, 9.17) is 0 Å². The Balaban J connectivity index is 1.92. The zero-order valence-corrected chi connectivity index (χ0v) is 13.8. The zero-order chi connectivity index (χ0) is 18.4. The summed E-state index contributed by atoms with van der Waals surface area (Å²) in [6.45, 7) is 0.176. The summed E-state index contributed by atoms with van der Waals surface area (Å²) in [5, 5.41) is 7.62. The Morgan fingerprint density at radius 3 is 2.28 bits per heavy atom. The molecule has 132 valence electrons. The molecule has 0 atom stereocenters. The maximum Gasteiger partial charge on any atom is 0.321 e. The normalized spacial score (nSPS) is 10.1. The van der Waals surface area contributed by atoms with Crippen LogP contribution in [0.4, 0.5) is 29.7 Å². The molecule has 0 heterocycles. The molecule has 8 heteroatoms. The van der Waals surface area contributed by atoms with Crippen molar-refractivity contribution >= 4 is 23.4 Å². The van der Waals surface area contributed by atoms with Crippen molar-refractivity contribution in [1.29, 1.82) is 0 Å². The van der Waals surface area contributed by atoms with Crippen LogP contribution in [0.25, 0.3) is 0 Å². The fraction of sp³-hybridized carbons (Fsp3) is 0.176. The van der Waals surface area contributed by atoms with Gasteiger partial charge in [0, 0.05) is 38.1 Å². The number of nitrogens with zero attached hydrogens (tertiary/aromatic N) is 1. The van der Waals surface area contributed by atoms with Gasteiger partial charge in [0.15, 0.2) is 0 Å². The van der Waals surface area contributed by atoms with Crippen molar-refractivity contribution < 1.29 is 18.4 Å². The lowest BCUT2D eigenvalue weighted by Gasteiger charge is -2.13. The number of carbonyl (C=O) groups is 2. The van der Waals surface area contributed by atoms with Crippen LogP contribution in [0.5, 0.6) is 0 Å². The van der Waals surface area contributed by atoms with Gasteiger partial charge in [-0.25, -0.2) is 18.4 Å². The second kappa shape index (κ2) is 8.09. The summed E-state index contributed by atoms with van der Waals surface area (Å²) in [6.07, 6.45) is 0. The van der Waals surface area contributed by atoms with Crippen molar-refractivity contribution in [2.24, 2.45) is 0 Å². The molecule has 0 radical (unpaired) electrons. The molecule has 0 saturated carbocycles. The van der Waals surface area contributed by atoms with E-state index in [2.05, 4.69) is 16.0 Å². The first-order valence-corrected chi connectivity index (χ1v) is 7.41. The Kier molecular flexibility index (Phi) is 5.89. The van der Waals surface area contributed by atoms with Gasteiger partial charge in [-0.05, 0) is 29.8 Å². The minimum Gasteiger partial charge on any atom is -0.334 e. The predicted octanol–water partition coefficient (Wildman–Crippen LogP) is 3.38. The summed E-state index contributed by atoms with van der Waals surface area (Å²) in [4.78, 5) is 24.8. The van der Waals surface area contributed by atoms with Crippen LogP contribution >= 0.6 is 0 Å². The fourth-order valence-electron chi connectivity index (χ4n) is 1.98. The maximum absolute atomic E-state index is 13.1. The minimum absolute atomic E-state index is 0.0157. The van der Waals surface area contributed by atoms with Crippen molar-refractivity contribution in [2.45, 2.75) is 6.54 Å². The zero-order valence-electron chi connectivity index (χ0n) is 13.8. The number of amides is 4. The molecule has 0 bridgehead atoms. The molecule has 0 fully saturated rings. The lowest BCUT2D eigenvalue weighted by atomic mass is 10.2. The highest BCUT2D eigenvalue weighted by Gasteiger charge is 2.07. The van der Waals surface area contributed by atoms with E-state index in [1.165, 1.54) is 4.90 Å². The molecule has 2 aromatic carbocycles. The number of benzene rings is 2. The van der Waals surface area contributed by atoms with E-state index in [1.54, 1.807) is 38.4 Å². The summed E-state index contributed by atoms with van der Waals surface area (Å²) in [7, 11) is 3.25. The van der Waals surface area contributed by atoms with Crippen molar-refractivity contribution in [3.8, 4) is 0 Å². The quantitative estimate of drug-likeness (QED) is 0.792. The molecule has 2 aromatic rings. The molecule has 3 N–H and O–H groups in total. The van der Waals surface area contributed by atoms with Crippen LogP contribution in [0.3, 0.4) is 0 Å². The average molecular weight is 348 g/mol. The van der Waals surface area contributed by atoms with Crippen LogP contribution in [0, 0.1) is 11.6 Å². The molecule has 0 aliphatic rings. The van der Waals surface area contributed by atoms with Crippen molar-refractivity contribution in [1.82, 2.24) is 10.2 Å². The van der Waals surface area contributed by atoms with Gasteiger partial charge in [-0.3, -0.25) is 0 Å². The monoisotopic (exact) mass is 348 g/mol. The molecule has 25 heavy (non-hydrogen) atoms. The number of urea groups is 2. The van der Waals surface area contributed by atoms with Crippen molar-refractivity contribution in [2.75, 3.05) is 24.7 Å². The Bertz CT molecular complexity index is 761. The van der Waals surface area contributed by atoms with Gasteiger partial charge >= 0.3 is 12.1 Å². The smallest absolute Gasteiger partial charge is 0.321 e. The van der Waals surface area contributed by atoms with Gasteiger partial charge in [-0.2, -0.15) is 0 Å². The van der Waals surface area contributed by atoms with Crippen LogP contribution in [-0.4, -0.2) is 31.1 Å². The summed E-state index contributed by atoms with van der Waals surface area (Å²) in [5.74, 6) is -1.56. The van der Waals surface area contributed by atoms with Crippen molar-refractivity contribution in [3.05, 3.63) is 59.7 Å². The molecular weight excluding hydrogens is 330 g/mol. The maximum atomic E-state index is 13.1. The summed E-state index contributed by atoms with van der Waals surface area (Å²) in [5.41, 5.74) is 1.35. The summed E-state index contributed by atoms with van der Waals surface area (Å²) in [6, 6.07) is 8.82. The van der Waals surface area contributed by atoms with E-state index < -0.39 is 17.7 Å². The third-order valence-corrected chi connectivity index (χ3v) is 3.16. The van der Waals surface area contributed by atoms with E-state index >= 15 is 0 Å². The number of hydrogen-bond acceptors (Lipinski definition) is 2. The van der Waals surface area contributed by atoms with Gasteiger partial charge in [-0.15, -0.1) is 0 Å². The highest BCUT2D eigenvalue weighted by atomic mass is 19.1. The standard InChI is InChI=1S/C17H18F2N4O2/c1-23(2)17(25)22-14-5-3-4-11(6-14)10-20-16(24)21-15-8-12(18)7-13(19)9-15/h3-9H,10H2,1-2H3,(H,22,25)(H2,20,21,24). The topological polar surface area (TPSA) is 73.5 Å². The van der Waals surface area contributed by atoms with Gasteiger partial charge in [0.05, 0.1) is 0 Å². The van der Waals surface area contributed by atoms with Crippen LogP contribution in [0.1, 0.15) is 5.56 Å². The molecule has 0 aromatic heterocycles. The van der Waals surface area contributed by atoms with Crippen LogP contribution in [0.15, 0.2) is 42.5 Å². The SMILES string of the molecule is CN(C)C(=O)Nc1cccc(CNC(=O)Nc2cc(F)cc(F)c2)c1. The third-order valence-electron chi connectivity index (χ3n) is 3.16. The molecule has 0 unspecified atom stereocenters. The van der Waals surface area contributed by atoms with Gasteiger partial charge < -0.3 is 20.9 Å². The Morgan fingerprint density at radius 2 is 1.64 bits per heavy atom. The van der Waals surface area contributed by atoms with Crippen molar-refractivity contribution in [3.63, 3.8) is 0 Å². The molecular formula is C17H18F2N4O2. The number of rotatable bonds is 4. The van der Waals surface area contributed by atoms with E-state index in [0.717, 1.165) is 23.8 Å². The number of anilines is 2. The van der Waals surface area contributed by atoms with E-state index in [0.29, 0.717) is 5.69 Å². The minimum atomic E-state index is -0.778. The number of hydrogen-bond donors (Lipinski definition) is 3. The van der Waals surface area contributed by atoms with Gasteiger partial charge in [0.2, 0.25) is 0 Å². The predicted molar refractivity (Wildman–Crippen MR) is 91.4 cm³/mol. The van der Waals surface area contributed by atoms with Crippen LogP contribution < -0.4 is 16.0 Å². The molecule has 6 nitrogen and oxygen atoms in total. The highest BCUT2D eigenvalue weighted by Crippen LogP contribution is 2.13. The largest absolute Gasteiger partial charge is 0.334 e. The lowest BCUT2D eigenvalue weighted by Crippen LogP contribution is -2.28. The first kappa shape index (κ1) is 18.2. The van der Waals surface area contributed by atoms with Crippen LogP contribution in [-0.2, 0) is 6.54 Å². The number of nitrogens with one attached hydrogen (secondary N) is 3. The Hall–Kier alpha value is -3.16. The van der Waals surface area contributed by atoms with Crippen LogP contribution in [0.2, 0.25) is 0 Å². The van der Waals surface area contributed by atoms with Gasteiger partial charge in [0.25, 0.3) is 0 Å². The molecule has 0 aliphatic heterocycles. The van der Waals surface area contributed by atoms with E-state index in [9.17, 15) is 18.4 Å². The number of halogens is 2. The molecule has 0 spiro atoms. The summed E-state index contributed by atoms with van der Waals surface area (Å²) >= 11 is 0. The van der Waals surface area contributed by atoms with Gasteiger partial charge in [-0.1, -0.05) is 12.1 Å². The van der Waals surface area contributed by atoms with E-state index in [1.807, 2.05) is 0 Å². The second-order valence-electron chi connectivity index (χ2n) is 5.49. The molecule has 4 amide bonds. The molecule has 0 aliphatic carbocycles. The lowest BCUT2D eigenvalue weighted by molar-refractivity contribution is 0.230. The number of carbonyl (C=O) groups excluding carboxylic acids is 2. The van der Waals surface area contributed by atoms with E-state index in [-0.39, 0.29) is 18.3 Å². The first-order chi connectivity index (χ1) is 11.8. The Labute approximate surface area is 143 Å². The molecule has 0 saturated heterocycles. The Morgan fingerprint density at radius 1 is 0.960 bits per heavy atom. The summed E-state index contributed by atoms with van der Waals surface area (Å²) < 4.78 is 26.2. The third kappa shape index (κ3) is 5.76.